The second-order valence-corrected chi connectivity index (χ2v) is 8.85. The van der Waals surface area contributed by atoms with Crippen LogP contribution in [-0.4, -0.2) is 41.8 Å². The molecule has 33 heavy (non-hydrogen) atoms. The molecule has 2 aromatic carbocycles. The first-order valence-electron chi connectivity index (χ1n) is 11.6. The second-order valence-electron chi connectivity index (χ2n) is 8.85. The third-order valence-electron chi connectivity index (χ3n) is 6.78. The van der Waals surface area contributed by atoms with Crippen molar-refractivity contribution in [2.45, 2.75) is 57.0 Å². The van der Waals surface area contributed by atoms with E-state index in [1.54, 1.807) is 0 Å². The van der Waals surface area contributed by atoms with Crippen molar-refractivity contribution in [3.05, 3.63) is 59.7 Å². The maximum absolute atomic E-state index is 12.9. The molecule has 0 aliphatic heterocycles. The number of ether oxygens (including phenoxy) is 1. The van der Waals surface area contributed by atoms with Crippen LogP contribution in [0.3, 0.4) is 0 Å². The fourth-order valence-corrected chi connectivity index (χ4v) is 4.74. The Bertz CT molecular complexity index is 987. The Morgan fingerprint density at radius 2 is 1.61 bits per heavy atom. The number of hydrogen-bond acceptors (Lipinski definition) is 4. The number of aliphatic carboxylic acids is 1. The summed E-state index contributed by atoms with van der Waals surface area (Å²) in [5.41, 5.74) is 4.55. The van der Waals surface area contributed by atoms with Gasteiger partial charge in [0.2, 0.25) is 5.91 Å². The van der Waals surface area contributed by atoms with Gasteiger partial charge in [0.25, 0.3) is 0 Å². The van der Waals surface area contributed by atoms with E-state index in [1.165, 1.54) is 0 Å². The van der Waals surface area contributed by atoms with Crippen LogP contribution in [0, 0.1) is 5.92 Å². The number of alkyl carbamates (subject to hydrolysis) is 1. The molecule has 2 aliphatic carbocycles. The van der Waals surface area contributed by atoms with E-state index in [2.05, 4.69) is 34.9 Å². The largest absolute Gasteiger partial charge is 0.481 e. The van der Waals surface area contributed by atoms with E-state index in [9.17, 15) is 14.4 Å². The van der Waals surface area contributed by atoms with Crippen LogP contribution in [0.25, 0.3) is 11.1 Å². The van der Waals surface area contributed by atoms with Crippen molar-refractivity contribution < 1.29 is 24.2 Å². The first-order valence-corrected chi connectivity index (χ1v) is 11.6. The number of nitrogens with one attached hydrogen (secondary N) is 2. The van der Waals surface area contributed by atoms with Crippen LogP contribution in [-0.2, 0) is 14.3 Å². The molecule has 4 rings (SSSR count). The Morgan fingerprint density at radius 1 is 1.00 bits per heavy atom. The minimum Gasteiger partial charge on any atom is -0.481 e. The smallest absolute Gasteiger partial charge is 0.407 e. The van der Waals surface area contributed by atoms with Crippen molar-refractivity contribution in [3.8, 4) is 11.1 Å². The number of carboxylic acid groups (broad SMARTS) is 1. The molecule has 2 aromatic rings. The molecule has 2 amide bonds. The predicted octanol–water partition coefficient (Wildman–Crippen LogP) is 4.06. The summed E-state index contributed by atoms with van der Waals surface area (Å²) < 4.78 is 5.61. The zero-order valence-electron chi connectivity index (χ0n) is 18.8. The van der Waals surface area contributed by atoms with Gasteiger partial charge in [-0.1, -0.05) is 61.9 Å². The van der Waals surface area contributed by atoms with Crippen LogP contribution in [0.5, 0.6) is 0 Å². The third kappa shape index (κ3) is 5.02. The average molecular weight is 451 g/mol. The summed E-state index contributed by atoms with van der Waals surface area (Å²) in [6.45, 7) is 2.00. The molecular weight excluding hydrogens is 420 g/mol. The molecule has 7 heteroatoms. The maximum atomic E-state index is 12.9. The number of rotatable bonds is 9. The van der Waals surface area contributed by atoms with Gasteiger partial charge in [-0.2, -0.15) is 0 Å². The fraction of sp³-hybridized carbons (Fsp3) is 0.423. The normalized spacial score (nSPS) is 16.6. The number of carbonyl (C=O) groups is 3. The number of benzene rings is 2. The first-order chi connectivity index (χ1) is 16.0. The average Bonchev–Trinajstić information content (AvgIpc) is 3.09. The van der Waals surface area contributed by atoms with Crippen LogP contribution in [0.1, 0.15) is 56.1 Å². The van der Waals surface area contributed by atoms with Crippen LogP contribution in [0.15, 0.2) is 48.5 Å². The van der Waals surface area contributed by atoms with Crippen molar-refractivity contribution >= 4 is 18.0 Å². The maximum Gasteiger partial charge on any atom is 0.407 e. The SMILES string of the molecule is CC[C@@H](CC(=O)O)NC(=O)C(NC(=O)OCC1c2ccccc2-c2ccccc21)C1CCC1. The van der Waals surface area contributed by atoms with E-state index in [0.717, 1.165) is 41.5 Å². The van der Waals surface area contributed by atoms with Crippen molar-refractivity contribution in [2.24, 2.45) is 5.92 Å². The standard InChI is InChI=1S/C26H30N2O5/c1-2-17(14-23(29)30)27-25(31)24(16-8-7-9-16)28-26(32)33-15-22-20-12-5-3-10-18(20)19-11-4-6-13-21(19)22/h3-6,10-13,16-17,22,24H,2,7-9,14-15H2,1H3,(H,27,31)(H,28,32)(H,29,30)/t17-,24?/m0/s1. The molecule has 2 aliphatic rings. The van der Waals surface area contributed by atoms with Gasteiger partial charge in [0.1, 0.15) is 12.6 Å². The monoisotopic (exact) mass is 450 g/mol. The van der Waals surface area contributed by atoms with E-state index in [0.29, 0.717) is 6.42 Å². The molecule has 1 unspecified atom stereocenters. The molecule has 174 valence electrons. The van der Waals surface area contributed by atoms with Gasteiger partial charge >= 0.3 is 12.1 Å². The number of carbonyl (C=O) groups excluding carboxylic acids is 2. The van der Waals surface area contributed by atoms with E-state index < -0.39 is 24.1 Å². The molecule has 1 saturated carbocycles. The number of amides is 2. The van der Waals surface area contributed by atoms with Crippen molar-refractivity contribution in [2.75, 3.05) is 6.61 Å². The van der Waals surface area contributed by atoms with Gasteiger partial charge in [-0.05, 0) is 47.4 Å². The molecule has 0 radical (unpaired) electrons. The van der Waals surface area contributed by atoms with E-state index in [4.69, 9.17) is 9.84 Å². The summed E-state index contributed by atoms with van der Waals surface area (Å²) in [6, 6.07) is 15.0. The lowest BCUT2D eigenvalue weighted by atomic mass is 9.79. The molecule has 7 nitrogen and oxygen atoms in total. The summed E-state index contributed by atoms with van der Waals surface area (Å²) in [7, 11) is 0. The molecule has 2 atom stereocenters. The van der Waals surface area contributed by atoms with Gasteiger partial charge in [0, 0.05) is 12.0 Å². The minimum atomic E-state index is -0.966. The number of fused-ring (bicyclic) bond motifs is 3. The Kier molecular flexibility index (Phi) is 6.96. The summed E-state index contributed by atoms with van der Waals surface area (Å²) >= 11 is 0. The quantitative estimate of drug-likeness (QED) is 0.534. The summed E-state index contributed by atoms with van der Waals surface area (Å²) in [5.74, 6) is -1.33. The zero-order chi connectivity index (χ0) is 23.4. The summed E-state index contributed by atoms with van der Waals surface area (Å²) in [4.78, 5) is 36.6. The first kappa shape index (κ1) is 22.8. The van der Waals surface area contributed by atoms with Crippen LogP contribution in [0.4, 0.5) is 4.79 Å². The fourth-order valence-electron chi connectivity index (χ4n) is 4.74. The highest BCUT2D eigenvalue weighted by Gasteiger charge is 2.36. The summed E-state index contributed by atoms with van der Waals surface area (Å²) in [6.07, 6.45) is 2.42. The number of hydrogen-bond donors (Lipinski definition) is 3. The Balaban J connectivity index is 1.40. The number of carboxylic acids is 1. The Labute approximate surface area is 193 Å². The van der Waals surface area contributed by atoms with E-state index in [-0.39, 0.29) is 30.8 Å². The Hall–Kier alpha value is -3.35. The van der Waals surface area contributed by atoms with E-state index >= 15 is 0 Å². The van der Waals surface area contributed by atoms with Gasteiger partial charge in [-0.3, -0.25) is 9.59 Å². The van der Waals surface area contributed by atoms with Gasteiger partial charge in [0.05, 0.1) is 6.42 Å². The molecule has 3 N–H and O–H groups in total. The van der Waals surface area contributed by atoms with Crippen molar-refractivity contribution in [1.82, 2.24) is 10.6 Å². The lowest BCUT2D eigenvalue weighted by Crippen LogP contribution is -2.54. The van der Waals surface area contributed by atoms with Gasteiger partial charge in [-0.25, -0.2) is 4.79 Å². The predicted molar refractivity (Wildman–Crippen MR) is 124 cm³/mol. The molecule has 0 bridgehead atoms. The molecule has 0 heterocycles. The topological polar surface area (TPSA) is 105 Å². The molecule has 1 fully saturated rings. The Morgan fingerprint density at radius 3 is 2.12 bits per heavy atom. The lowest BCUT2D eigenvalue weighted by molar-refractivity contribution is -0.137. The molecular formula is C26H30N2O5. The van der Waals surface area contributed by atoms with Gasteiger partial charge in [0.15, 0.2) is 0 Å². The highest BCUT2D eigenvalue weighted by atomic mass is 16.5. The third-order valence-corrected chi connectivity index (χ3v) is 6.78. The highest BCUT2D eigenvalue weighted by Crippen LogP contribution is 2.44. The minimum absolute atomic E-state index is 0.0350. The van der Waals surface area contributed by atoms with Crippen molar-refractivity contribution in [3.63, 3.8) is 0 Å². The second kappa shape index (κ2) is 10.1. The summed E-state index contributed by atoms with van der Waals surface area (Å²) in [5, 5.41) is 14.6. The van der Waals surface area contributed by atoms with E-state index in [1.807, 2.05) is 31.2 Å². The van der Waals surface area contributed by atoms with Crippen molar-refractivity contribution in [1.29, 1.82) is 0 Å². The van der Waals surface area contributed by atoms with Crippen LogP contribution >= 0.6 is 0 Å². The van der Waals surface area contributed by atoms with Gasteiger partial charge in [-0.15, -0.1) is 0 Å². The van der Waals surface area contributed by atoms with Crippen LogP contribution in [0.2, 0.25) is 0 Å². The molecule has 0 spiro atoms. The zero-order valence-corrected chi connectivity index (χ0v) is 18.8. The molecule has 0 aromatic heterocycles. The van der Waals surface area contributed by atoms with Gasteiger partial charge < -0.3 is 20.5 Å². The molecule has 0 saturated heterocycles. The lowest BCUT2D eigenvalue weighted by Gasteiger charge is -2.34. The van der Waals surface area contributed by atoms with Crippen LogP contribution < -0.4 is 10.6 Å². The highest BCUT2D eigenvalue weighted by molar-refractivity contribution is 5.87.